The van der Waals surface area contributed by atoms with Crippen LogP contribution in [0.1, 0.15) is 15.9 Å². The van der Waals surface area contributed by atoms with Crippen molar-refractivity contribution in [2.75, 3.05) is 0 Å². The van der Waals surface area contributed by atoms with E-state index >= 15 is 0 Å². The number of hydrogen-bond donors (Lipinski definition) is 1. The number of benzene rings is 2. The summed E-state index contributed by atoms with van der Waals surface area (Å²) < 4.78 is 55.0. The number of carboxylic acids is 1. The largest absolute Gasteiger partial charge is 0.573 e. The van der Waals surface area contributed by atoms with E-state index in [1.807, 2.05) is 0 Å². The molecular weight excluding hydrogens is 304 g/mol. The number of alkyl halides is 3. The van der Waals surface area contributed by atoms with Crippen LogP contribution < -0.4 is 4.74 Å². The maximum Gasteiger partial charge on any atom is 0.573 e. The standard InChI is InChI=1S/C15H10F4O3/c1-8-6-9(7-11(16)13(8)14(20)21)10-4-2-3-5-12(10)22-15(17,18)19/h2-7H,1H3,(H,20,21). The predicted molar refractivity (Wildman–Crippen MR) is 70.2 cm³/mol. The maximum absolute atomic E-state index is 13.9. The van der Waals surface area contributed by atoms with E-state index in [0.29, 0.717) is 0 Å². The molecule has 0 aliphatic rings. The number of rotatable bonds is 3. The van der Waals surface area contributed by atoms with Crippen LogP contribution in [-0.4, -0.2) is 17.4 Å². The van der Waals surface area contributed by atoms with Crippen molar-refractivity contribution in [1.29, 1.82) is 0 Å². The van der Waals surface area contributed by atoms with Crippen LogP contribution >= 0.6 is 0 Å². The summed E-state index contributed by atoms with van der Waals surface area (Å²) in [6, 6.07) is 7.41. The molecule has 3 nitrogen and oxygen atoms in total. The lowest BCUT2D eigenvalue weighted by Crippen LogP contribution is -2.17. The van der Waals surface area contributed by atoms with Crippen molar-refractivity contribution in [2.24, 2.45) is 0 Å². The molecule has 0 saturated carbocycles. The lowest BCUT2D eigenvalue weighted by molar-refractivity contribution is -0.274. The van der Waals surface area contributed by atoms with Crippen molar-refractivity contribution < 1.29 is 32.2 Å². The van der Waals surface area contributed by atoms with Gasteiger partial charge in [0.25, 0.3) is 0 Å². The van der Waals surface area contributed by atoms with Gasteiger partial charge in [0.2, 0.25) is 0 Å². The van der Waals surface area contributed by atoms with Gasteiger partial charge in [-0.2, -0.15) is 0 Å². The first-order valence-electron chi connectivity index (χ1n) is 6.07. The molecule has 0 aliphatic heterocycles. The number of halogens is 4. The van der Waals surface area contributed by atoms with Gasteiger partial charge in [-0.15, -0.1) is 13.2 Å². The van der Waals surface area contributed by atoms with Crippen molar-refractivity contribution in [2.45, 2.75) is 13.3 Å². The molecule has 2 aromatic rings. The third-order valence-electron chi connectivity index (χ3n) is 2.93. The van der Waals surface area contributed by atoms with Gasteiger partial charge in [-0.05, 0) is 30.2 Å². The van der Waals surface area contributed by atoms with E-state index in [1.165, 1.54) is 31.2 Å². The SMILES string of the molecule is Cc1cc(-c2ccccc2OC(F)(F)F)cc(F)c1C(=O)O. The smallest absolute Gasteiger partial charge is 0.478 e. The van der Waals surface area contributed by atoms with Crippen LogP contribution in [0.3, 0.4) is 0 Å². The molecule has 0 bridgehead atoms. The Morgan fingerprint density at radius 2 is 1.82 bits per heavy atom. The van der Waals surface area contributed by atoms with Crippen LogP contribution in [0.15, 0.2) is 36.4 Å². The number of carbonyl (C=O) groups is 1. The molecule has 0 fully saturated rings. The minimum atomic E-state index is -4.88. The molecular formula is C15H10F4O3. The monoisotopic (exact) mass is 314 g/mol. The molecule has 0 spiro atoms. The first-order chi connectivity index (χ1) is 10.2. The van der Waals surface area contributed by atoms with Gasteiger partial charge in [-0.25, -0.2) is 9.18 Å². The molecule has 2 aromatic carbocycles. The Hall–Kier alpha value is -2.57. The summed E-state index contributed by atoms with van der Waals surface area (Å²) >= 11 is 0. The number of ether oxygens (including phenoxy) is 1. The normalized spacial score (nSPS) is 11.3. The molecule has 0 aliphatic carbocycles. The zero-order valence-electron chi connectivity index (χ0n) is 11.2. The fraction of sp³-hybridized carbons (Fsp3) is 0.133. The zero-order valence-corrected chi connectivity index (χ0v) is 11.2. The van der Waals surface area contributed by atoms with Gasteiger partial charge in [-0.3, -0.25) is 0 Å². The quantitative estimate of drug-likeness (QED) is 0.854. The third kappa shape index (κ3) is 3.36. The molecule has 0 atom stereocenters. The van der Waals surface area contributed by atoms with Crippen molar-refractivity contribution in [3.8, 4) is 16.9 Å². The van der Waals surface area contributed by atoms with Crippen molar-refractivity contribution in [1.82, 2.24) is 0 Å². The molecule has 0 unspecified atom stereocenters. The molecule has 0 heterocycles. The highest BCUT2D eigenvalue weighted by atomic mass is 19.4. The molecule has 2 rings (SSSR count). The average Bonchev–Trinajstić information content (AvgIpc) is 2.35. The van der Waals surface area contributed by atoms with Gasteiger partial charge in [0.05, 0.1) is 5.56 Å². The van der Waals surface area contributed by atoms with E-state index in [2.05, 4.69) is 4.74 Å². The fourth-order valence-corrected chi connectivity index (χ4v) is 2.09. The second kappa shape index (κ2) is 5.67. The summed E-state index contributed by atoms with van der Waals surface area (Å²) in [5.74, 6) is -2.96. The van der Waals surface area contributed by atoms with E-state index in [0.717, 1.165) is 12.1 Å². The lowest BCUT2D eigenvalue weighted by Gasteiger charge is -2.14. The first-order valence-corrected chi connectivity index (χ1v) is 6.07. The fourth-order valence-electron chi connectivity index (χ4n) is 2.09. The second-order valence-corrected chi connectivity index (χ2v) is 4.50. The molecule has 0 radical (unpaired) electrons. The predicted octanol–water partition coefficient (Wildman–Crippen LogP) is 4.40. The zero-order chi connectivity index (χ0) is 16.5. The van der Waals surface area contributed by atoms with Crippen molar-refractivity contribution >= 4 is 5.97 Å². The minimum Gasteiger partial charge on any atom is -0.478 e. The molecule has 116 valence electrons. The minimum absolute atomic E-state index is 0.0127. The molecule has 0 aromatic heterocycles. The van der Waals surface area contributed by atoms with Crippen LogP contribution in [0, 0.1) is 12.7 Å². The number of aromatic carboxylic acids is 1. The van der Waals surface area contributed by atoms with Gasteiger partial charge in [0.1, 0.15) is 11.6 Å². The highest BCUT2D eigenvalue weighted by molar-refractivity contribution is 5.90. The van der Waals surface area contributed by atoms with Gasteiger partial charge >= 0.3 is 12.3 Å². The Kier molecular flexibility index (Phi) is 4.07. The van der Waals surface area contributed by atoms with E-state index in [1.54, 1.807) is 0 Å². The Labute approximate surface area is 122 Å². The Morgan fingerprint density at radius 3 is 2.36 bits per heavy atom. The number of aryl methyl sites for hydroxylation is 1. The molecule has 0 amide bonds. The topological polar surface area (TPSA) is 46.5 Å². The Bertz CT molecular complexity index is 700. The summed E-state index contributed by atoms with van der Waals surface area (Å²) in [7, 11) is 0. The Morgan fingerprint density at radius 1 is 1.18 bits per heavy atom. The van der Waals surface area contributed by atoms with Crippen LogP contribution in [-0.2, 0) is 0 Å². The molecule has 7 heteroatoms. The highest BCUT2D eigenvalue weighted by Gasteiger charge is 2.32. The summed E-state index contributed by atoms with van der Waals surface area (Å²) in [5.41, 5.74) is -0.305. The van der Waals surface area contributed by atoms with Crippen LogP contribution in [0.5, 0.6) is 5.75 Å². The number of carboxylic acid groups (broad SMARTS) is 1. The van der Waals surface area contributed by atoms with Gasteiger partial charge in [0, 0.05) is 5.56 Å². The summed E-state index contributed by atoms with van der Waals surface area (Å²) in [5, 5.41) is 8.90. The van der Waals surface area contributed by atoms with Gasteiger partial charge in [0.15, 0.2) is 0 Å². The molecule has 1 N–H and O–H groups in total. The maximum atomic E-state index is 13.9. The third-order valence-corrected chi connectivity index (χ3v) is 2.93. The molecule has 0 saturated heterocycles. The van der Waals surface area contributed by atoms with E-state index in [9.17, 15) is 22.4 Å². The summed E-state index contributed by atoms with van der Waals surface area (Å²) in [6.07, 6.45) is -4.88. The van der Waals surface area contributed by atoms with E-state index in [-0.39, 0.29) is 16.7 Å². The number of para-hydroxylation sites is 1. The van der Waals surface area contributed by atoms with E-state index < -0.39 is 29.5 Å². The van der Waals surface area contributed by atoms with Crippen LogP contribution in [0.4, 0.5) is 17.6 Å². The van der Waals surface area contributed by atoms with Crippen LogP contribution in [0.25, 0.3) is 11.1 Å². The lowest BCUT2D eigenvalue weighted by atomic mass is 9.98. The Balaban J connectivity index is 2.56. The first kappa shape index (κ1) is 15.8. The van der Waals surface area contributed by atoms with Crippen LogP contribution in [0.2, 0.25) is 0 Å². The van der Waals surface area contributed by atoms with Crippen molar-refractivity contribution in [3.63, 3.8) is 0 Å². The van der Waals surface area contributed by atoms with E-state index in [4.69, 9.17) is 5.11 Å². The average molecular weight is 314 g/mol. The van der Waals surface area contributed by atoms with Crippen molar-refractivity contribution in [3.05, 3.63) is 53.3 Å². The molecule has 22 heavy (non-hydrogen) atoms. The van der Waals surface area contributed by atoms with Gasteiger partial charge < -0.3 is 9.84 Å². The second-order valence-electron chi connectivity index (χ2n) is 4.50. The summed E-state index contributed by atoms with van der Waals surface area (Å²) in [4.78, 5) is 10.9. The summed E-state index contributed by atoms with van der Waals surface area (Å²) in [6.45, 7) is 1.36. The number of hydrogen-bond acceptors (Lipinski definition) is 2. The highest BCUT2D eigenvalue weighted by Crippen LogP contribution is 2.35. The van der Waals surface area contributed by atoms with Gasteiger partial charge in [-0.1, -0.05) is 24.3 Å².